The van der Waals surface area contributed by atoms with Crippen LogP contribution in [-0.2, 0) is 6.54 Å². The van der Waals surface area contributed by atoms with Crippen molar-refractivity contribution in [1.29, 1.82) is 0 Å². The van der Waals surface area contributed by atoms with Gasteiger partial charge >= 0.3 is 6.03 Å². The van der Waals surface area contributed by atoms with Gasteiger partial charge in [-0.05, 0) is 49.6 Å². The Morgan fingerprint density at radius 2 is 2.12 bits per heavy atom. The number of nitrogens with one attached hydrogen (secondary N) is 1. The Bertz CT molecular complexity index is 762. The molecule has 1 saturated carbocycles. The molecule has 0 unspecified atom stereocenters. The van der Waals surface area contributed by atoms with Crippen LogP contribution < -0.4 is 14.8 Å². The van der Waals surface area contributed by atoms with E-state index in [1.54, 1.807) is 6.20 Å². The van der Waals surface area contributed by atoms with Gasteiger partial charge in [0.2, 0.25) is 6.79 Å². The normalized spacial score (nSPS) is 16.4. The summed E-state index contributed by atoms with van der Waals surface area (Å²) in [6.07, 6.45) is 3.87. The van der Waals surface area contributed by atoms with Crippen LogP contribution in [0.3, 0.4) is 0 Å². The third kappa shape index (κ3) is 3.52. The third-order valence-corrected chi connectivity index (χ3v) is 4.54. The molecule has 2 heterocycles. The van der Waals surface area contributed by atoms with Crippen LogP contribution in [0.25, 0.3) is 0 Å². The summed E-state index contributed by atoms with van der Waals surface area (Å²) in [6, 6.07) is 11.7. The summed E-state index contributed by atoms with van der Waals surface area (Å²) in [4.78, 5) is 19.0. The van der Waals surface area contributed by atoms with Crippen molar-refractivity contribution >= 4 is 6.03 Å². The molecule has 6 heteroatoms. The molecule has 1 atom stereocenters. The Kier molecular flexibility index (Phi) is 4.17. The topological polar surface area (TPSA) is 63.7 Å². The first-order valence-electron chi connectivity index (χ1n) is 8.57. The van der Waals surface area contributed by atoms with Gasteiger partial charge in [0, 0.05) is 12.2 Å². The lowest BCUT2D eigenvalue weighted by atomic mass is 10.1. The number of nitrogens with zero attached hydrogens (tertiary/aromatic N) is 2. The van der Waals surface area contributed by atoms with Crippen LogP contribution in [0.1, 0.15) is 37.1 Å². The average Bonchev–Trinajstić information content (AvgIpc) is 3.36. The number of carbonyl (C=O) groups excluding carboxylic acids is 1. The van der Waals surface area contributed by atoms with Crippen molar-refractivity contribution in [2.24, 2.45) is 0 Å². The quantitative estimate of drug-likeness (QED) is 0.908. The summed E-state index contributed by atoms with van der Waals surface area (Å²) in [5.41, 5.74) is 1.89. The SMILES string of the molecule is C[C@@H](NC(=O)N(Cc1ccccn1)C1CC1)c1ccc2c(c1)OCO2. The van der Waals surface area contributed by atoms with Gasteiger partial charge in [0.1, 0.15) is 0 Å². The van der Waals surface area contributed by atoms with E-state index in [0.29, 0.717) is 12.6 Å². The number of carbonyl (C=O) groups is 1. The van der Waals surface area contributed by atoms with Gasteiger partial charge < -0.3 is 19.7 Å². The second-order valence-electron chi connectivity index (χ2n) is 6.46. The zero-order valence-electron chi connectivity index (χ0n) is 14.1. The van der Waals surface area contributed by atoms with Gasteiger partial charge in [-0.1, -0.05) is 12.1 Å². The molecule has 1 aromatic heterocycles. The van der Waals surface area contributed by atoms with Crippen molar-refractivity contribution in [3.05, 3.63) is 53.9 Å². The van der Waals surface area contributed by atoms with Crippen molar-refractivity contribution in [3.8, 4) is 11.5 Å². The van der Waals surface area contributed by atoms with Crippen LogP contribution in [0.15, 0.2) is 42.6 Å². The van der Waals surface area contributed by atoms with Crippen LogP contribution in [0.4, 0.5) is 4.79 Å². The molecule has 0 bridgehead atoms. The second kappa shape index (κ2) is 6.63. The summed E-state index contributed by atoms with van der Waals surface area (Å²) in [5.74, 6) is 1.48. The van der Waals surface area contributed by atoms with E-state index in [1.165, 1.54) is 0 Å². The molecule has 1 aliphatic heterocycles. The summed E-state index contributed by atoms with van der Waals surface area (Å²) in [5, 5.41) is 3.09. The molecular formula is C19H21N3O3. The number of aromatic nitrogens is 1. The Balaban J connectivity index is 1.44. The minimum absolute atomic E-state index is 0.0571. The molecule has 6 nitrogen and oxygen atoms in total. The van der Waals surface area contributed by atoms with Gasteiger partial charge in [-0.3, -0.25) is 4.98 Å². The van der Waals surface area contributed by atoms with E-state index in [2.05, 4.69) is 10.3 Å². The predicted octanol–water partition coefficient (Wildman–Crippen LogP) is 3.25. The van der Waals surface area contributed by atoms with E-state index in [1.807, 2.05) is 48.2 Å². The lowest BCUT2D eigenvalue weighted by molar-refractivity contribution is 0.174. The van der Waals surface area contributed by atoms with Gasteiger partial charge in [-0.25, -0.2) is 4.79 Å². The molecule has 2 aliphatic rings. The van der Waals surface area contributed by atoms with Gasteiger partial charge in [-0.2, -0.15) is 0 Å². The maximum absolute atomic E-state index is 12.8. The number of hydrogen-bond donors (Lipinski definition) is 1. The number of amides is 2. The van der Waals surface area contributed by atoms with E-state index in [-0.39, 0.29) is 18.9 Å². The lowest BCUT2D eigenvalue weighted by Gasteiger charge is -2.25. The Morgan fingerprint density at radius 3 is 2.88 bits per heavy atom. The number of benzene rings is 1. The Hall–Kier alpha value is -2.76. The molecule has 0 spiro atoms. The summed E-state index contributed by atoms with van der Waals surface area (Å²) in [7, 11) is 0. The van der Waals surface area contributed by atoms with Crippen LogP contribution >= 0.6 is 0 Å². The molecule has 0 radical (unpaired) electrons. The maximum Gasteiger partial charge on any atom is 0.318 e. The number of hydrogen-bond acceptors (Lipinski definition) is 4. The van der Waals surface area contributed by atoms with Gasteiger partial charge in [0.15, 0.2) is 11.5 Å². The number of ether oxygens (including phenoxy) is 2. The molecule has 1 fully saturated rings. The first-order chi connectivity index (χ1) is 12.2. The van der Waals surface area contributed by atoms with E-state index < -0.39 is 0 Å². The molecule has 0 saturated heterocycles. The van der Waals surface area contributed by atoms with Gasteiger partial charge in [-0.15, -0.1) is 0 Å². The zero-order valence-corrected chi connectivity index (χ0v) is 14.1. The molecule has 2 amide bonds. The molecule has 1 N–H and O–H groups in total. The number of pyridine rings is 1. The highest BCUT2D eigenvalue weighted by molar-refractivity contribution is 5.75. The van der Waals surface area contributed by atoms with Crippen LogP contribution in [0, 0.1) is 0 Å². The van der Waals surface area contributed by atoms with Gasteiger partial charge in [0.05, 0.1) is 18.3 Å². The van der Waals surface area contributed by atoms with Crippen molar-refractivity contribution in [1.82, 2.24) is 15.2 Å². The van der Waals surface area contributed by atoms with Crippen molar-refractivity contribution in [2.45, 2.75) is 38.4 Å². The highest BCUT2D eigenvalue weighted by atomic mass is 16.7. The van der Waals surface area contributed by atoms with Crippen LogP contribution in [-0.4, -0.2) is 28.7 Å². The maximum atomic E-state index is 12.8. The minimum Gasteiger partial charge on any atom is -0.454 e. The largest absolute Gasteiger partial charge is 0.454 e. The Morgan fingerprint density at radius 1 is 1.28 bits per heavy atom. The molecule has 25 heavy (non-hydrogen) atoms. The zero-order chi connectivity index (χ0) is 17.2. The molecule has 1 aromatic carbocycles. The molecule has 2 aromatic rings. The smallest absolute Gasteiger partial charge is 0.318 e. The van der Waals surface area contributed by atoms with Crippen molar-refractivity contribution < 1.29 is 14.3 Å². The fourth-order valence-electron chi connectivity index (χ4n) is 2.95. The van der Waals surface area contributed by atoms with Crippen molar-refractivity contribution in [2.75, 3.05) is 6.79 Å². The summed E-state index contributed by atoms with van der Waals surface area (Å²) in [6.45, 7) is 2.76. The molecule has 130 valence electrons. The fraction of sp³-hybridized carbons (Fsp3) is 0.368. The Labute approximate surface area is 146 Å². The van der Waals surface area contributed by atoms with E-state index in [4.69, 9.17) is 9.47 Å². The fourth-order valence-corrected chi connectivity index (χ4v) is 2.95. The van der Waals surface area contributed by atoms with Crippen LogP contribution in [0.2, 0.25) is 0 Å². The average molecular weight is 339 g/mol. The summed E-state index contributed by atoms with van der Waals surface area (Å²) >= 11 is 0. The second-order valence-corrected chi connectivity index (χ2v) is 6.46. The van der Waals surface area contributed by atoms with Crippen molar-refractivity contribution in [3.63, 3.8) is 0 Å². The monoisotopic (exact) mass is 339 g/mol. The van der Waals surface area contributed by atoms with Crippen LogP contribution in [0.5, 0.6) is 11.5 Å². The lowest BCUT2D eigenvalue weighted by Crippen LogP contribution is -2.42. The molecular weight excluding hydrogens is 318 g/mol. The minimum atomic E-state index is -0.119. The van der Waals surface area contributed by atoms with E-state index in [9.17, 15) is 4.79 Å². The predicted molar refractivity (Wildman–Crippen MR) is 92.3 cm³/mol. The summed E-state index contributed by atoms with van der Waals surface area (Å²) < 4.78 is 10.7. The van der Waals surface area contributed by atoms with E-state index >= 15 is 0 Å². The third-order valence-electron chi connectivity index (χ3n) is 4.54. The molecule has 1 aliphatic carbocycles. The number of fused-ring (bicyclic) bond motifs is 1. The first kappa shape index (κ1) is 15.7. The number of rotatable bonds is 5. The highest BCUT2D eigenvalue weighted by Gasteiger charge is 2.33. The number of urea groups is 1. The standard InChI is InChI=1S/C19H21N3O3/c1-13(14-5-8-17-18(10-14)25-12-24-17)21-19(23)22(16-6-7-16)11-15-4-2-3-9-20-15/h2-5,8-10,13,16H,6-7,11-12H2,1H3,(H,21,23)/t13-/m1/s1. The first-order valence-corrected chi connectivity index (χ1v) is 8.57. The van der Waals surface area contributed by atoms with E-state index in [0.717, 1.165) is 35.6 Å². The van der Waals surface area contributed by atoms with Gasteiger partial charge in [0.25, 0.3) is 0 Å². The molecule has 4 rings (SSSR count). The highest BCUT2D eigenvalue weighted by Crippen LogP contribution is 2.34.